The summed E-state index contributed by atoms with van der Waals surface area (Å²) in [6.45, 7) is 0. The fourth-order valence-corrected chi connectivity index (χ4v) is 1.63. The van der Waals surface area contributed by atoms with Crippen LogP contribution >= 0.6 is 22.6 Å². The van der Waals surface area contributed by atoms with Gasteiger partial charge in [-0.3, -0.25) is 0 Å². The lowest BCUT2D eigenvalue weighted by Crippen LogP contribution is -2.15. The second-order valence-corrected chi connectivity index (χ2v) is 3.78. The average molecular weight is 278 g/mol. The van der Waals surface area contributed by atoms with Gasteiger partial charge < -0.3 is 9.84 Å². The normalized spacial score (nSPS) is 15.6. The van der Waals surface area contributed by atoms with Crippen LogP contribution in [0.5, 0.6) is 0 Å². The summed E-state index contributed by atoms with van der Waals surface area (Å²) >= 11 is 2.16. The number of hydrogen-bond acceptors (Lipinski definition) is 2. The Balaban J connectivity index is 2.71. The SMILES string of the molecule is COC(O)C(I)c1ccccc1. The summed E-state index contributed by atoms with van der Waals surface area (Å²) in [6, 6.07) is 9.79. The number of hydrogen-bond donors (Lipinski definition) is 1. The van der Waals surface area contributed by atoms with E-state index < -0.39 is 6.29 Å². The van der Waals surface area contributed by atoms with Gasteiger partial charge in [0.1, 0.15) is 0 Å². The number of ether oxygens (including phenoxy) is 1. The predicted octanol–water partition coefficient (Wildman–Crippen LogP) is 2.13. The molecule has 66 valence electrons. The van der Waals surface area contributed by atoms with Gasteiger partial charge in [0, 0.05) is 7.11 Å². The van der Waals surface area contributed by atoms with Crippen LogP contribution in [0, 0.1) is 0 Å². The van der Waals surface area contributed by atoms with Gasteiger partial charge in [0.15, 0.2) is 6.29 Å². The van der Waals surface area contributed by atoms with Crippen LogP contribution in [0.15, 0.2) is 30.3 Å². The highest BCUT2D eigenvalue weighted by atomic mass is 127. The lowest BCUT2D eigenvalue weighted by atomic mass is 10.1. The number of halogens is 1. The summed E-state index contributed by atoms with van der Waals surface area (Å²) in [4.78, 5) is 0. The second kappa shape index (κ2) is 4.79. The van der Waals surface area contributed by atoms with Gasteiger partial charge in [0.25, 0.3) is 0 Å². The Morgan fingerprint density at radius 1 is 1.33 bits per heavy atom. The molecule has 3 heteroatoms. The molecule has 0 aliphatic heterocycles. The Morgan fingerprint density at radius 3 is 2.42 bits per heavy atom. The molecule has 0 radical (unpaired) electrons. The monoisotopic (exact) mass is 278 g/mol. The molecular weight excluding hydrogens is 267 g/mol. The lowest BCUT2D eigenvalue weighted by molar-refractivity contribution is -0.0709. The van der Waals surface area contributed by atoms with Gasteiger partial charge in [-0.2, -0.15) is 0 Å². The highest BCUT2D eigenvalue weighted by Gasteiger charge is 2.16. The molecule has 2 nitrogen and oxygen atoms in total. The van der Waals surface area contributed by atoms with Crippen molar-refractivity contribution < 1.29 is 9.84 Å². The van der Waals surface area contributed by atoms with Gasteiger partial charge in [-0.25, -0.2) is 0 Å². The zero-order chi connectivity index (χ0) is 8.97. The van der Waals surface area contributed by atoms with Crippen LogP contribution in [-0.4, -0.2) is 18.5 Å². The molecule has 12 heavy (non-hydrogen) atoms. The minimum absolute atomic E-state index is 0.00574. The van der Waals surface area contributed by atoms with Gasteiger partial charge >= 0.3 is 0 Å². The van der Waals surface area contributed by atoms with Crippen molar-refractivity contribution in [1.29, 1.82) is 0 Å². The van der Waals surface area contributed by atoms with Gasteiger partial charge in [0.2, 0.25) is 0 Å². The molecule has 0 aliphatic rings. The number of aliphatic hydroxyl groups is 1. The Hall–Kier alpha value is -0.130. The first kappa shape index (κ1) is 9.95. The molecule has 0 saturated carbocycles. The minimum Gasteiger partial charge on any atom is -0.367 e. The molecule has 2 unspecified atom stereocenters. The molecule has 1 rings (SSSR count). The number of rotatable bonds is 3. The molecule has 0 fully saturated rings. The third-order valence-electron chi connectivity index (χ3n) is 1.61. The second-order valence-electron chi connectivity index (χ2n) is 2.44. The quantitative estimate of drug-likeness (QED) is 0.521. The van der Waals surface area contributed by atoms with E-state index in [1.165, 1.54) is 7.11 Å². The van der Waals surface area contributed by atoms with Crippen molar-refractivity contribution in [2.24, 2.45) is 0 Å². The molecule has 0 bridgehead atoms. The maximum absolute atomic E-state index is 9.35. The fourth-order valence-electron chi connectivity index (χ4n) is 0.921. The highest BCUT2D eigenvalue weighted by molar-refractivity contribution is 14.1. The molecule has 1 aromatic rings. The van der Waals surface area contributed by atoms with Crippen LogP contribution in [0.2, 0.25) is 0 Å². The third kappa shape index (κ3) is 2.43. The number of alkyl halides is 1. The molecule has 0 spiro atoms. The number of aliphatic hydroxyl groups excluding tert-OH is 1. The van der Waals surface area contributed by atoms with Crippen molar-refractivity contribution in [3.8, 4) is 0 Å². The molecule has 1 N–H and O–H groups in total. The molecule has 0 amide bonds. The van der Waals surface area contributed by atoms with Crippen molar-refractivity contribution >= 4 is 22.6 Å². The number of methoxy groups -OCH3 is 1. The third-order valence-corrected chi connectivity index (χ3v) is 2.94. The van der Waals surface area contributed by atoms with E-state index in [1.807, 2.05) is 30.3 Å². The van der Waals surface area contributed by atoms with E-state index in [4.69, 9.17) is 4.74 Å². The average Bonchev–Trinajstić information content (AvgIpc) is 2.17. The maximum Gasteiger partial charge on any atom is 0.170 e. The smallest absolute Gasteiger partial charge is 0.170 e. The van der Waals surface area contributed by atoms with E-state index in [9.17, 15) is 5.11 Å². The summed E-state index contributed by atoms with van der Waals surface area (Å²) in [6.07, 6.45) is -0.729. The Kier molecular flexibility index (Phi) is 3.97. The van der Waals surface area contributed by atoms with Crippen molar-refractivity contribution in [2.75, 3.05) is 7.11 Å². The zero-order valence-electron chi connectivity index (χ0n) is 6.77. The first-order valence-electron chi connectivity index (χ1n) is 3.65. The molecule has 0 aliphatic carbocycles. The van der Waals surface area contributed by atoms with Crippen LogP contribution in [0.25, 0.3) is 0 Å². The van der Waals surface area contributed by atoms with Crippen LogP contribution in [0.1, 0.15) is 9.49 Å². The summed E-state index contributed by atoms with van der Waals surface area (Å²) in [5.74, 6) is 0. The van der Waals surface area contributed by atoms with Crippen LogP contribution in [-0.2, 0) is 4.74 Å². The Bertz CT molecular complexity index is 225. The van der Waals surface area contributed by atoms with Crippen molar-refractivity contribution in [2.45, 2.75) is 10.2 Å². The van der Waals surface area contributed by atoms with Gasteiger partial charge in [0.05, 0.1) is 3.92 Å². The summed E-state index contributed by atoms with van der Waals surface area (Å²) in [5, 5.41) is 9.35. The van der Waals surface area contributed by atoms with E-state index >= 15 is 0 Å². The van der Waals surface area contributed by atoms with E-state index in [-0.39, 0.29) is 3.92 Å². The van der Waals surface area contributed by atoms with E-state index in [0.717, 1.165) is 5.56 Å². The summed E-state index contributed by atoms with van der Waals surface area (Å²) in [5.41, 5.74) is 1.08. The highest BCUT2D eigenvalue weighted by Crippen LogP contribution is 2.26. The Labute approximate surface area is 85.7 Å². The van der Waals surface area contributed by atoms with Crippen molar-refractivity contribution in [3.05, 3.63) is 35.9 Å². The first-order chi connectivity index (χ1) is 5.75. The molecule has 0 aromatic heterocycles. The minimum atomic E-state index is -0.729. The largest absolute Gasteiger partial charge is 0.367 e. The Morgan fingerprint density at radius 2 is 1.92 bits per heavy atom. The zero-order valence-corrected chi connectivity index (χ0v) is 8.93. The molecule has 0 heterocycles. The molecule has 0 saturated heterocycles. The van der Waals surface area contributed by atoms with Gasteiger partial charge in [-0.1, -0.05) is 52.9 Å². The predicted molar refractivity (Wildman–Crippen MR) is 56.2 cm³/mol. The van der Waals surface area contributed by atoms with Crippen LogP contribution in [0.3, 0.4) is 0 Å². The lowest BCUT2D eigenvalue weighted by Gasteiger charge is -2.15. The van der Waals surface area contributed by atoms with Gasteiger partial charge in [-0.05, 0) is 5.56 Å². The van der Waals surface area contributed by atoms with E-state index in [1.54, 1.807) is 0 Å². The first-order valence-corrected chi connectivity index (χ1v) is 4.90. The standard InChI is InChI=1S/C9H11IO2/c1-12-9(11)8(10)7-5-3-2-4-6-7/h2-6,8-9,11H,1H3. The molecular formula is C9H11IO2. The summed E-state index contributed by atoms with van der Waals surface area (Å²) in [7, 11) is 1.50. The maximum atomic E-state index is 9.35. The van der Waals surface area contributed by atoms with Crippen LogP contribution in [0.4, 0.5) is 0 Å². The molecule has 2 atom stereocenters. The van der Waals surface area contributed by atoms with Crippen LogP contribution < -0.4 is 0 Å². The topological polar surface area (TPSA) is 29.5 Å². The fraction of sp³-hybridized carbons (Fsp3) is 0.333. The van der Waals surface area contributed by atoms with E-state index in [0.29, 0.717) is 0 Å². The number of benzene rings is 1. The summed E-state index contributed by atoms with van der Waals surface area (Å²) < 4.78 is 4.81. The molecule has 1 aromatic carbocycles. The van der Waals surface area contributed by atoms with Gasteiger partial charge in [-0.15, -0.1) is 0 Å². The van der Waals surface area contributed by atoms with Crippen molar-refractivity contribution in [3.63, 3.8) is 0 Å². The van der Waals surface area contributed by atoms with Crippen molar-refractivity contribution in [1.82, 2.24) is 0 Å². The van der Waals surface area contributed by atoms with E-state index in [2.05, 4.69) is 22.6 Å².